The van der Waals surface area contributed by atoms with Crippen LogP contribution in [0, 0.1) is 0 Å². The quantitative estimate of drug-likeness (QED) is 0.274. The number of nitrogens with one attached hydrogen (secondary N) is 1. The molecule has 0 heterocycles. The molecule has 0 radical (unpaired) electrons. The molecule has 0 fully saturated rings. The summed E-state index contributed by atoms with van der Waals surface area (Å²) in [6, 6.07) is 8.61. The van der Waals surface area contributed by atoms with Gasteiger partial charge in [0.2, 0.25) is 0 Å². The Morgan fingerprint density at radius 3 is 2.21 bits per heavy atom. The molecule has 0 unspecified atom stereocenters. The monoisotopic (exact) mass is 469 g/mol. The minimum absolute atomic E-state index is 0.0558. The Hall–Kier alpha value is -3.76. The number of hydrogen-bond donors (Lipinski definition) is 3. The van der Waals surface area contributed by atoms with E-state index in [4.69, 9.17) is 14.6 Å². The molecular formula is C22H22F3NO7. The van der Waals surface area contributed by atoms with Crippen LogP contribution >= 0.6 is 0 Å². The second kappa shape index (κ2) is 11.2. The molecule has 3 N–H and O–H groups in total. The standard InChI is InChI=1S/C22H22F3NO7/c1-13(27)16-7-8-18(17(19(16)28)9-10-22(23,24)25)33-12-2-11-32-15-5-3-14(4-6-15)26-20(29)21(30)31/h3-8,28H,2,9-12H2,1H3,(H,26,29)(H,30,31). The van der Waals surface area contributed by atoms with Crippen LogP contribution in [-0.2, 0) is 16.0 Å². The zero-order valence-corrected chi connectivity index (χ0v) is 17.6. The van der Waals surface area contributed by atoms with Crippen LogP contribution in [0.3, 0.4) is 0 Å². The molecule has 0 aliphatic carbocycles. The summed E-state index contributed by atoms with van der Waals surface area (Å²) in [5.41, 5.74) is 0.115. The number of ketones is 1. The average Bonchev–Trinajstić information content (AvgIpc) is 2.73. The van der Waals surface area contributed by atoms with Gasteiger partial charge in [0, 0.05) is 24.1 Å². The van der Waals surface area contributed by atoms with E-state index in [9.17, 15) is 32.7 Å². The number of carboxylic acid groups (broad SMARTS) is 1. The molecule has 0 atom stereocenters. The number of amides is 1. The number of hydrogen-bond acceptors (Lipinski definition) is 6. The van der Waals surface area contributed by atoms with E-state index >= 15 is 0 Å². The molecule has 0 aliphatic heterocycles. The summed E-state index contributed by atoms with van der Waals surface area (Å²) in [4.78, 5) is 33.2. The second-order valence-corrected chi connectivity index (χ2v) is 6.94. The highest BCUT2D eigenvalue weighted by Gasteiger charge is 2.28. The molecule has 2 aromatic carbocycles. The SMILES string of the molecule is CC(=O)c1ccc(OCCCOc2ccc(NC(=O)C(=O)O)cc2)c(CCC(F)(F)F)c1O. The molecule has 11 heteroatoms. The predicted octanol–water partition coefficient (Wildman–Crippen LogP) is 3.96. The number of Topliss-reactive ketones (excluding diaryl/α,β-unsaturated/α-hetero) is 1. The average molecular weight is 469 g/mol. The van der Waals surface area contributed by atoms with Gasteiger partial charge in [0.15, 0.2) is 5.78 Å². The Balaban J connectivity index is 1.90. The number of carboxylic acids is 1. The summed E-state index contributed by atoms with van der Waals surface area (Å²) in [5, 5.41) is 21.0. The van der Waals surface area contributed by atoms with E-state index in [1.807, 2.05) is 0 Å². The molecule has 0 aromatic heterocycles. The lowest BCUT2D eigenvalue weighted by molar-refractivity contribution is -0.147. The number of phenolic OH excluding ortho intramolecular Hbond substituents is 1. The molecule has 1 amide bonds. The van der Waals surface area contributed by atoms with Gasteiger partial charge in [0.1, 0.15) is 17.2 Å². The van der Waals surface area contributed by atoms with Crippen molar-refractivity contribution in [1.29, 1.82) is 0 Å². The van der Waals surface area contributed by atoms with E-state index in [0.29, 0.717) is 12.2 Å². The van der Waals surface area contributed by atoms with Crippen LogP contribution in [0.15, 0.2) is 36.4 Å². The fourth-order valence-electron chi connectivity index (χ4n) is 2.80. The molecule has 0 aliphatic rings. The molecule has 2 rings (SSSR count). The summed E-state index contributed by atoms with van der Waals surface area (Å²) in [7, 11) is 0. The number of rotatable bonds is 10. The van der Waals surface area contributed by atoms with Crippen molar-refractivity contribution in [3.63, 3.8) is 0 Å². The van der Waals surface area contributed by atoms with Gasteiger partial charge in [-0.05, 0) is 49.7 Å². The van der Waals surface area contributed by atoms with Crippen molar-refractivity contribution in [2.45, 2.75) is 32.4 Å². The number of aliphatic carboxylic acids is 1. The Bertz CT molecular complexity index is 1000. The van der Waals surface area contributed by atoms with Crippen LogP contribution in [0.5, 0.6) is 17.2 Å². The minimum Gasteiger partial charge on any atom is -0.507 e. The fraction of sp³-hybridized carbons (Fsp3) is 0.318. The summed E-state index contributed by atoms with van der Waals surface area (Å²) in [5.74, 6) is -3.28. The van der Waals surface area contributed by atoms with Gasteiger partial charge in [-0.3, -0.25) is 9.59 Å². The zero-order valence-electron chi connectivity index (χ0n) is 17.6. The van der Waals surface area contributed by atoms with Crippen LogP contribution in [0.2, 0.25) is 0 Å². The molecule has 0 saturated heterocycles. The normalized spacial score (nSPS) is 11.0. The van der Waals surface area contributed by atoms with Gasteiger partial charge in [-0.25, -0.2) is 4.79 Å². The lowest BCUT2D eigenvalue weighted by Gasteiger charge is -2.16. The van der Waals surface area contributed by atoms with Crippen molar-refractivity contribution in [1.82, 2.24) is 0 Å². The largest absolute Gasteiger partial charge is 0.507 e. The van der Waals surface area contributed by atoms with Gasteiger partial charge in [0.25, 0.3) is 0 Å². The van der Waals surface area contributed by atoms with E-state index in [1.54, 1.807) is 0 Å². The van der Waals surface area contributed by atoms with Crippen LogP contribution in [-0.4, -0.2) is 47.3 Å². The van der Waals surface area contributed by atoms with Gasteiger partial charge in [0.05, 0.1) is 18.8 Å². The third kappa shape index (κ3) is 8.02. The van der Waals surface area contributed by atoms with Gasteiger partial charge >= 0.3 is 18.1 Å². The number of phenols is 1. The summed E-state index contributed by atoms with van der Waals surface area (Å²) < 4.78 is 49.0. The highest BCUT2D eigenvalue weighted by molar-refractivity contribution is 6.36. The number of benzene rings is 2. The lowest BCUT2D eigenvalue weighted by atomic mass is 10.0. The first-order valence-corrected chi connectivity index (χ1v) is 9.80. The van der Waals surface area contributed by atoms with E-state index in [1.165, 1.54) is 43.3 Å². The number of carbonyl (C=O) groups excluding carboxylic acids is 2. The molecule has 8 nitrogen and oxygen atoms in total. The predicted molar refractivity (Wildman–Crippen MR) is 111 cm³/mol. The number of carbonyl (C=O) groups is 3. The van der Waals surface area contributed by atoms with Crippen molar-refractivity contribution in [3.05, 3.63) is 47.5 Å². The number of halogens is 3. The topological polar surface area (TPSA) is 122 Å². The first kappa shape index (κ1) is 25.5. The lowest BCUT2D eigenvalue weighted by Crippen LogP contribution is -2.21. The smallest absolute Gasteiger partial charge is 0.394 e. The highest BCUT2D eigenvalue weighted by Crippen LogP contribution is 2.35. The Labute approximate surface area is 186 Å². The Morgan fingerprint density at radius 1 is 1.00 bits per heavy atom. The van der Waals surface area contributed by atoms with Crippen LogP contribution in [0.25, 0.3) is 0 Å². The summed E-state index contributed by atoms with van der Waals surface area (Å²) in [6.07, 6.45) is -5.79. The maximum Gasteiger partial charge on any atom is 0.394 e. The van der Waals surface area contributed by atoms with E-state index in [-0.39, 0.29) is 35.8 Å². The van der Waals surface area contributed by atoms with Gasteiger partial charge in [-0.2, -0.15) is 13.2 Å². The first-order chi connectivity index (χ1) is 15.5. The van der Waals surface area contributed by atoms with Crippen LogP contribution in [0.1, 0.15) is 35.7 Å². The molecule has 0 saturated carbocycles. The van der Waals surface area contributed by atoms with Crippen molar-refractivity contribution in [3.8, 4) is 17.2 Å². The summed E-state index contributed by atoms with van der Waals surface area (Å²) in [6.45, 7) is 1.47. The zero-order chi connectivity index (χ0) is 24.6. The van der Waals surface area contributed by atoms with E-state index in [2.05, 4.69) is 5.32 Å². The van der Waals surface area contributed by atoms with Gasteiger partial charge in [-0.15, -0.1) is 0 Å². The van der Waals surface area contributed by atoms with E-state index < -0.39 is 42.4 Å². The number of ether oxygens (including phenoxy) is 2. The third-order valence-corrected chi connectivity index (χ3v) is 4.40. The van der Waals surface area contributed by atoms with Crippen LogP contribution < -0.4 is 14.8 Å². The fourth-order valence-corrected chi connectivity index (χ4v) is 2.80. The Morgan fingerprint density at radius 2 is 1.64 bits per heavy atom. The molecule has 33 heavy (non-hydrogen) atoms. The van der Waals surface area contributed by atoms with Crippen molar-refractivity contribution in [2.75, 3.05) is 18.5 Å². The van der Waals surface area contributed by atoms with Gasteiger partial charge in [-0.1, -0.05) is 0 Å². The van der Waals surface area contributed by atoms with Crippen molar-refractivity contribution >= 4 is 23.3 Å². The maximum atomic E-state index is 12.6. The minimum atomic E-state index is -4.43. The van der Waals surface area contributed by atoms with Crippen molar-refractivity contribution < 1.29 is 47.2 Å². The number of alkyl halides is 3. The highest BCUT2D eigenvalue weighted by atomic mass is 19.4. The second-order valence-electron chi connectivity index (χ2n) is 6.94. The third-order valence-electron chi connectivity index (χ3n) is 4.40. The number of aromatic hydroxyl groups is 1. The van der Waals surface area contributed by atoms with E-state index in [0.717, 1.165) is 0 Å². The molecule has 0 bridgehead atoms. The van der Waals surface area contributed by atoms with Gasteiger partial charge < -0.3 is 25.0 Å². The summed E-state index contributed by atoms with van der Waals surface area (Å²) >= 11 is 0. The van der Waals surface area contributed by atoms with Crippen molar-refractivity contribution in [2.24, 2.45) is 0 Å². The molecular weight excluding hydrogens is 447 g/mol. The number of anilines is 1. The molecule has 2 aromatic rings. The maximum absolute atomic E-state index is 12.6. The molecule has 0 spiro atoms. The molecule has 178 valence electrons. The van der Waals surface area contributed by atoms with Crippen LogP contribution in [0.4, 0.5) is 18.9 Å². The first-order valence-electron chi connectivity index (χ1n) is 9.80. The Kier molecular flexibility index (Phi) is 8.66.